The average Bonchev–Trinajstić information content (AvgIpc) is 2.70. The van der Waals surface area contributed by atoms with Crippen LogP contribution in [0.4, 0.5) is 5.69 Å². The highest BCUT2D eigenvalue weighted by atomic mass is 79.9. The standard InChI is InChI=1S/C13H16BrN3/c1-10-3-4-11(14)12(9-10)15-6-5-13-16-7-8-17(13)2/h3-4,7-9,15H,5-6H2,1-2H3. The summed E-state index contributed by atoms with van der Waals surface area (Å²) in [5.74, 6) is 1.10. The van der Waals surface area contributed by atoms with Crippen LogP contribution in [0.3, 0.4) is 0 Å². The first-order chi connectivity index (χ1) is 8.16. The van der Waals surface area contributed by atoms with E-state index in [2.05, 4.69) is 51.4 Å². The molecule has 1 aromatic carbocycles. The molecule has 0 saturated carbocycles. The maximum Gasteiger partial charge on any atom is 0.110 e. The molecule has 0 aliphatic carbocycles. The van der Waals surface area contributed by atoms with Gasteiger partial charge in [-0.2, -0.15) is 0 Å². The molecule has 0 aliphatic rings. The summed E-state index contributed by atoms with van der Waals surface area (Å²) >= 11 is 3.54. The SMILES string of the molecule is Cc1ccc(Br)c(NCCc2nccn2C)c1. The molecule has 2 aromatic rings. The van der Waals surface area contributed by atoms with E-state index < -0.39 is 0 Å². The normalized spacial score (nSPS) is 10.5. The Bertz CT molecular complexity index is 505. The second-order valence-electron chi connectivity index (χ2n) is 4.11. The van der Waals surface area contributed by atoms with Crippen molar-refractivity contribution in [3.05, 3.63) is 46.5 Å². The van der Waals surface area contributed by atoms with Crippen molar-refractivity contribution in [1.82, 2.24) is 9.55 Å². The number of nitrogens with zero attached hydrogens (tertiary/aromatic N) is 2. The quantitative estimate of drug-likeness (QED) is 0.939. The Morgan fingerprint density at radius 3 is 2.94 bits per heavy atom. The van der Waals surface area contributed by atoms with Gasteiger partial charge in [0.1, 0.15) is 5.82 Å². The van der Waals surface area contributed by atoms with Crippen molar-refractivity contribution in [2.24, 2.45) is 7.05 Å². The monoisotopic (exact) mass is 293 g/mol. The molecule has 1 heterocycles. The van der Waals surface area contributed by atoms with Crippen LogP contribution in [0, 0.1) is 6.92 Å². The average molecular weight is 294 g/mol. The molecule has 0 amide bonds. The van der Waals surface area contributed by atoms with Gasteiger partial charge < -0.3 is 9.88 Å². The van der Waals surface area contributed by atoms with Gasteiger partial charge in [0.15, 0.2) is 0 Å². The molecule has 0 radical (unpaired) electrons. The van der Waals surface area contributed by atoms with Crippen molar-refractivity contribution in [3.8, 4) is 0 Å². The van der Waals surface area contributed by atoms with Gasteiger partial charge in [0.05, 0.1) is 0 Å². The lowest BCUT2D eigenvalue weighted by atomic mass is 10.2. The van der Waals surface area contributed by atoms with E-state index in [1.165, 1.54) is 5.56 Å². The number of hydrogen-bond acceptors (Lipinski definition) is 2. The van der Waals surface area contributed by atoms with Gasteiger partial charge in [0, 0.05) is 42.6 Å². The Morgan fingerprint density at radius 1 is 1.41 bits per heavy atom. The fourth-order valence-corrected chi connectivity index (χ4v) is 2.11. The lowest BCUT2D eigenvalue weighted by Crippen LogP contribution is -2.09. The molecule has 0 saturated heterocycles. The molecule has 0 spiro atoms. The highest BCUT2D eigenvalue weighted by Gasteiger charge is 2.01. The minimum atomic E-state index is 0.882. The van der Waals surface area contributed by atoms with Crippen LogP contribution >= 0.6 is 15.9 Å². The van der Waals surface area contributed by atoms with Gasteiger partial charge in [-0.1, -0.05) is 6.07 Å². The molecule has 1 aromatic heterocycles. The van der Waals surface area contributed by atoms with Gasteiger partial charge in [-0.05, 0) is 40.5 Å². The molecule has 1 N–H and O–H groups in total. The number of rotatable bonds is 4. The van der Waals surface area contributed by atoms with Crippen LogP contribution < -0.4 is 5.32 Å². The molecule has 17 heavy (non-hydrogen) atoms. The molecule has 4 heteroatoms. The topological polar surface area (TPSA) is 29.9 Å². The number of aromatic nitrogens is 2. The zero-order valence-electron chi connectivity index (χ0n) is 10.1. The van der Waals surface area contributed by atoms with Gasteiger partial charge in [0.2, 0.25) is 0 Å². The summed E-state index contributed by atoms with van der Waals surface area (Å²) in [5.41, 5.74) is 2.40. The predicted octanol–water partition coefficient (Wildman–Crippen LogP) is 3.15. The van der Waals surface area contributed by atoms with Crippen LogP contribution in [0.25, 0.3) is 0 Å². The van der Waals surface area contributed by atoms with Crippen molar-refractivity contribution in [3.63, 3.8) is 0 Å². The maximum atomic E-state index is 4.30. The van der Waals surface area contributed by atoms with Crippen LogP contribution in [0.15, 0.2) is 35.1 Å². The van der Waals surface area contributed by atoms with Crippen molar-refractivity contribution in [2.75, 3.05) is 11.9 Å². The van der Waals surface area contributed by atoms with Crippen LogP contribution in [0.1, 0.15) is 11.4 Å². The molecule has 0 atom stereocenters. The highest BCUT2D eigenvalue weighted by Crippen LogP contribution is 2.23. The Labute approximate surface area is 110 Å². The molecular formula is C13H16BrN3. The Morgan fingerprint density at radius 2 is 2.24 bits per heavy atom. The fraction of sp³-hybridized carbons (Fsp3) is 0.308. The number of imidazole rings is 1. The molecular weight excluding hydrogens is 278 g/mol. The van der Waals surface area contributed by atoms with Crippen LogP contribution in [0.5, 0.6) is 0 Å². The van der Waals surface area contributed by atoms with Crippen LogP contribution in [-0.2, 0) is 13.5 Å². The van der Waals surface area contributed by atoms with Crippen molar-refractivity contribution >= 4 is 21.6 Å². The van der Waals surface area contributed by atoms with E-state index >= 15 is 0 Å². The second kappa shape index (κ2) is 5.36. The minimum absolute atomic E-state index is 0.882. The third-order valence-corrected chi connectivity index (χ3v) is 3.40. The number of benzene rings is 1. The first kappa shape index (κ1) is 12.2. The summed E-state index contributed by atoms with van der Waals surface area (Å²) < 4.78 is 3.15. The fourth-order valence-electron chi connectivity index (χ4n) is 1.72. The molecule has 0 unspecified atom stereocenters. The summed E-state index contributed by atoms with van der Waals surface area (Å²) in [5, 5.41) is 3.42. The number of anilines is 1. The van der Waals surface area contributed by atoms with Crippen LogP contribution in [0.2, 0.25) is 0 Å². The molecule has 3 nitrogen and oxygen atoms in total. The highest BCUT2D eigenvalue weighted by molar-refractivity contribution is 9.10. The van der Waals surface area contributed by atoms with Gasteiger partial charge in [-0.15, -0.1) is 0 Å². The number of aryl methyl sites for hydroxylation is 2. The maximum absolute atomic E-state index is 4.30. The third kappa shape index (κ3) is 3.09. The van der Waals surface area contributed by atoms with Crippen molar-refractivity contribution in [1.29, 1.82) is 0 Å². The van der Waals surface area contributed by atoms with E-state index in [0.717, 1.165) is 29.0 Å². The lowest BCUT2D eigenvalue weighted by molar-refractivity contribution is 0.789. The molecule has 0 bridgehead atoms. The molecule has 90 valence electrons. The lowest BCUT2D eigenvalue weighted by Gasteiger charge is -2.09. The van der Waals surface area contributed by atoms with Gasteiger partial charge in [0.25, 0.3) is 0 Å². The smallest absolute Gasteiger partial charge is 0.110 e. The summed E-state index contributed by atoms with van der Waals surface area (Å²) in [6, 6.07) is 6.30. The van der Waals surface area contributed by atoms with Gasteiger partial charge >= 0.3 is 0 Å². The molecule has 0 aliphatic heterocycles. The predicted molar refractivity (Wildman–Crippen MR) is 74.3 cm³/mol. The first-order valence-corrected chi connectivity index (χ1v) is 6.42. The van der Waals surface area contributed by atoms with E-state index in [0.29, 0.717) is 0 Å². The largest absolute Gasteiger partial charge is 0.384 e. The second-order valence-corrected chi connectivity index (χ2v) is 4.97. The molecule has 2 rings (SSSR count). The Kier molecular flexibility index (Phi) is 3.84. The zero-order chi connectivity index (χ0) is 12.3. The third-order valence-electron chi connectivity index (χ3n) is 2.71. The first-order valence-electron chi connectivity index (χ1n) is 5.63. The summed E-state index contributed by atoms with van der Waals surface area (Å²) in [6.45, 7) is 2.98. The van der Waals surface area contributed by atoms with E-state index in [-0.39, 0.29) is 0 Å². The van der Waals surface area contributed by atoms with Gasteiger partial charge in [-0.3, -0.25) is 0 Å². The van der Waals surface area contributed by atoms with Crippen molar-refractivity contribution in [2.45, 2.75) is 13.3 Å². The van der Waals surface area contributed by atoms with E-state index in [4.69, 9.17) is 0 Å². The minimum Gasteiger partial charge on any atom is -0.384 e. The summed E-state index contributed by atoms with van der Waals surface area (Å²) in [4.78, 5) is 4.30. The Hall–Kier alpha value is -1.29. The zero-order valence-corrected chi connectivity index (χ0v) is 11.7. The van der Waals surface area contributed by atoms with Gasteiger partial charge in [-0.25, -0.2) is 4.98 Å². The van der Waals surface area contributed by atoms with E-state index in [9.17, 15) is 0 Å². The number of nitrogens with one attached hydrogen (secondary N) is 1. The molecule has 0 fully saturated rings. The number of hydrogen-bond donors (Lipinski definition) is 1. The number of halogens is 1. The van der Waals surface area contributed by atoms with Crippen molar-refractivity contribution < 1.29 is 0 Å². The van der Waals surface area contributed by atoms with E-state index in [1.54, 1.807) is 0 Å². The van der Waals surface area contributed by atoms with Crippen LogP contribution in [-0.4, -0.2) is 16.1 Å². The summed E-state index contributed by atoms with van der Waals surface area (Å²) in [6.07, 6.45) is 4.72. The van der Waals surface area contributed by atoms with E-state index in [1.807, 2.05) is 24.0 Å². The summed E-state index contributed by atoms with van der Waals surface area (Å²) in [7, 11) is 2.02. The Balaban J connectivity index is 1.94.